The monoisotopic (exact) mass is 400 g/mol. The fourth-order valence-corrected chi connectivity index (χ4v) is 3.88. The maximum absolute atomic E-state index is 12.9. The molecule has 0 aliphatic carbocycles. The summed E-state index contributed by atoms with van der Waals surface area (Å²) in [6.45, 7) is 11.1. The lowest BCUT2D eigenvalue weighted by Gasteiger charge is -2.37. The van der Waals surface area contributed by atoms with Gasteiger partial charge >= 0.3 is 6.03 Å². The molecule has 0 spiro atoms. The van der Waals surface area contributed by atoms with Gasteiger partial charge < -0.3 is 10.2 Å². The average Bonchev–Trinajstić information content (AvgIpc) is 2.90. The summed E-state index contributed by atoms with van der Waals surface area (Å²) in [5, 5.41) is 2.90. The van der Waals surface area contributed by atoms with Crippen LogP contribution >= 0.6 is 0 Å². The van der Waals surface area contributed by atoms with Gasteiger partial charge in [-0.15, -0.1) is 0 Å². The van der Waals surface area contributed by atoms with E-state index in [1.54, 1.807) is 6.92 Å². The summed E-state index contributed by atoms with van der Waals surface area (Å²) >= 11 is 0. The number of hydrogen-bond acceptors (Lipinski definition) is 5. The number of nitrogens with one attached hydrogen (secondary N) is 1. The SMILES string of the molecule is CC(=O)c1ccc(N2CCN(CN3C(=O)N[C@](C)(CCC(C)C)C3=O)CC2)cc1. The Balaban J connectivity index is 1.54. The molecule has 0 aromatic heterocycles. The molecule has 2 aliphatic heterocycles. The number of carbonyl (C=O) groups excluding carboxylic acids is 3. The highest BCUT2D eigenvalue weighted by molar-refractivity contribution is 6.06. The third-order valence-corrected chi connectivity index (χ3v) is 5.92. The number of Topliss-reactive ketones (excluding diaryl/α,β-unsaturated/α-hetero) is 1. The second-order valence-electron chi connectivity index (χ2n) is 8.78. The number of urea groups is 1. The van der Waals surface area contributed by atoms with Crippen molar-refractivity contribution in [2.24, 2.45) is 5.92 Å². The van der Waals surface area contributed by atoms with E-state index in [0.717, 1.165) is 38.3 Å². The number of rotatable bonds is 7. The summed E-state index contributed by atoms with van der Waals surface area (Å²) in [4.78, 5) is 42.5. The molecule has 29 heavy (non-hydrogen) atoms. The lowest BCUT2D eigenvalue weighted by atomic mass is 9.92. The third-order valence-electron chi connectivity index (χ3n) is 5.92. The van der Waals surface area contributed by atoms with E-state index in [4.69, 9.17) is 0 Å². The normalized spacial score (nSPS) is 23.1. The van der Waals surface area contributed by atoms with E-state index in [2.05, 4.69) is 29.0 Å². The van der Waals surface area contributed by atoms with Gasteiger partial charge in [-0.25, -0.2) is 9.69 Å². The first-order valence-electron chi connectivity index (χ1n) is 10.4. The van der Waals surface area contributed by atoms with Crippen LogP contribution in [0.4, 0.5) is 10.5 Å². The molecule has 7 nitrogen and oxygen atoms in total. The van der Waals surface area contributed by atoms with Crippen LogP contribution in [0.2, 0.25) is 0 Å². The maximum Gasteiger partial charge on any atom is 0.326 e. The van der Waals surface area contributed by atoms with Crippen molar-refractivity contribution in [1.82, 2.24) is 15.1 Å². The fourth-order valence-electron chi connectivity index (χ4n) is 3.88. The topological polar surface area (TPSA) is 73.0 Å². The molecule has 2 heterocycles. The summed E-state index contributed by atoms with van der Waals surface area (Å²) in [6.07, 6.45) is 1.56. The molecule has 158 valence electrons. The Morgan fingerprint density at radius 1 is 1.10 bits per heavy atom. The zero-order chi connectivity index (χ0) is 21.2. The van der Waals surface area contributed by atoms with E-state index in [0.29, 0.717) is 24.6 Å². The summed E-state index contributed by atoms with van der Waals surface area (Å²) in [5.41, 5.74) is 1.01. The summed E-state index contributed by atoms with van der Waals surface area (Å²) in [5.74, 6) is 0.434. The predicted octanol–water partition coefficient (Wildman–Crippen LogP) is 2.72. The number of anilines is 1. The molecule has 3 rings (SSSR count). The van der Waals surface area contributed by atoms with E-state index in [-0.39, 0.29) is 17.7 Å². The molecule has 0 radical (unpaired) electrons. The Morgan fingerprint density at radius 3 is 2.28 bits per heavy atom. The average molecular weight is 401 g/mol. The first-order chi connectivity index (χ1) is 13.7. The smallest absolute Gasteiger partial charge is 0.326 e. The second-order valence-corrected chi connectivity index (χ2v) is 8.78. The molecule has 1 atom stereocenters. The van der Waals surface area contributed by atoms with E-state index < -0.39 is 5.54 Å². The van der Waals surface area contributed by atoms with Gasteiger partial charge in [0.2, 0.25) is 0 Å². The Morgan fingerprint density at radius 2 is 1.72 bits per heavy atom. The van der Waals surface area contributed by atoms with E-state index in [1.165, 1.54) is 4.90 Å². The quantitative estimate of drug-likeness (QED) is 0.563. The Kier molecular flexibility index (Phi) is 6.27. The number of hydrogen-bond donors (Lipinski definition) is 1. The lowest BCUT2D eigenvalue weighted by Crippen LogP contribution is -2.52. The molecule has 2 saturated heterocycles. The molecule has 1 aromatic carbocycles. The van der Waals surface area contributed by atoms with Crippen molar-refractivity contribution >= 4 is 23.4 Å². The van der Waals surface area contributed by atoms with Crippen LogP contribution in [0, 0.1) is 5.92 Å². The molecule has 0 saturated carbocycles. The number of ketones is 1. The van der Waals surface area contributed by atoms with Crippen LogP contribution in [0.5, 0.6) is 0 Å². The van der Waals surface area contributed by atoms with Gasteiger partial charge in [-0.2, -0.15) is 0 Å². The Labute approximate surface area is 173 Å². The number of nitrogens with zero attached hydrogens (tertiary/aromatic N) is 3. The fraction of sp³-hybridized carbons (Fsp3) is 0.591. The highest BCUT2D eigenvalue weighted by atomic mass is 16.2. The van der Waals surface area contributed by atoms with Crippen molar-refractivity contribution in [1.29, 1.82) is 0 Å². The van der Waals surface area contributed by atoms with Gasteiger partial charge in [0.25, 0.3) is 5.91 Å². The van der Waals surface area contributed by atoms with Gasteiger partial charge in [0.1, 0.15) is 5.54 Å². The van der Waals surface area contributed by atoms with Gasteiger partial charge in [0.15, 0.2) is 5.78 Å². The number of amides is 3. The van der Waals surface area contributed by atoms with E-state index in [9.17, 15) is 14.4 Å². The molecule has 1 N–H and O–H groups in total. The van der Waals surface area contributed by atoms with Gasteiger partial charge in [-0.3, -0.25) is 14.5 Å². The molecular formula is C22H32N4O3. The molecule has 0 bridgehead atoms. The molecule has 1 aromatic rings. The zero-order valence-electron chi connectivity index (χ0n) is 17.9. The van der Waals surface area contributed by atoms with Gasteiger partial charge in [0, 0.05) is 37.4 Å². The van der Waals surface area contributed by atoms with Crippen molar-refractivity contribution in [3.05, 3.63) is 29.8 Å². The van der Waals surface area contributed by atoms with Crippen molar-refractivity contribution in [3.8, 4) is 0 Å². The molecule has 2 fully saturated rings. The van der Waals surface area contributed by atoms with Crippen molar-refractivity contribution < 1.29 is 14.4 Å². The molecule has 7 heteroatoms. The van der Waals surface area contributed by atoms with Crippen LogP contribution in [-0.4, -0.2) is 65.9 Å². The second kappa shape index (κ2) is 8.53. The highest BCUT2D eigenvalue weighted by Gasteiger charge is 2.47. The highest BCUT2D eigenvalue weighted by Crippen LogP contribution is 2.25. The van der Waals surface area contributed by atoms with Crippen molar-refractivity contribution in [2.45, 2.75) is 46.1 Å². The van der Waals surface area contributed by atoms with Crippen LogP contribution in [0.3, 0.4) is 0 Å². The molecule has 2 aliphatic rings. The number of piperazine rings is 1. The minimum Gasteiger partial charge on any atom is -0.369 e. The zero-order valence-corrected chi connectivity index (χ0v) is 17.9. The van der Waals surface area contributed by atoms with Crippen molar-refractivity contribution in [2.75, 3.05) is 37.7 Å². The Bertz CT molecular complexity index is 769. The van der Waals surface area contributed by atoms with Gasteiger partial charge in [-0.1, -0.05) is 13.8 Å². The molecule has 3 amide bonds. The molecule has 0 unspecified atom stereocenters. The minimum atomic E-state index is -0.790. The summed E-state index contributed by atoms with van der Waals surface area (Å²) in [7, 11) is 0. The number of imide groups is 1. The van der Waals surface area contributed by atoms with Gasteiger partial charge in [-0.05, 0) is 56.9 Å². The third kappa shape index (κ3) is 4.78. The van der Waals surface area contributed by atoms with Crippen LogP contribution in [0.25, 0.3) is 0 Å². The van der Waals surface area contributed by atoms with Crippen LogP contribution < -0.4 is 10.2 Å². The lowest BCUT2D eigenvalue weighted by molar-refractivity contribution is -0.132. The first kappa shape index (κ1) is 21.3. The number of carbonyl (C=O) groups is 3. The van der Waals surface area contributed by atoms with Crippen LogP contribution in [0.15, 0.2) is 24.3 Å². The Hall–Kier alpha value is -2.41. The summed E-state index contributed by atoms with van der Waals surface area (Å²) in [6, 6.07) is 7.38. The first-order valence-corrected chi connectivity index (χ1v) is 10.4. The van der Waals surface area contributed by atoms with Gasteiger partial charge in [0.05, 0.1) is 6.67 Å². The maximum atomic E-state index is 12.9. The van der Waals surface area contributed by atoms with Crippen molar-refractivity contribution in [3.63, 3.8) is 0 Å². The predicted molar refractivity (Wildman–Crippen MR) is 113 cm³/mol. The standard InChI is InChI=1S/C22H32N4O3/c1-16(2)9-10-22(4)20(28)26(21(29)23-22)15-24-11-13-25(14-12-24)19-7-5-18(6-8-19)17(3)27/h5-8,16H,9-15H2,1-4H3,(H,23,29)/t22-/m1/s1. The number of benzene rings is 1. The van der Waals surface area contributed by atoms with E-state index in [1.807, 2.05) is 31.2 Å². The minimum absolute atomic E-state index is 0.0651. The van der Waals surface area contributed by atoms with Crippen LogP contribution in [-0.2, 0) is 4.79 Å². The van der Waals surface area contributed by atoms with E-state index >= 15 is 0 Å². The van der Waals surface area contributed by atoms with Crippen LogP contribution in [0.1, 0.15) is 50.9 Å². The largest absolute Gasteiger partial charge is 0.369 e. The summed E-state index contributed by atoms with van der Waals surface area (Å²) < 4.78 is 0. The molecular weight excluding hydrogens is 368 g/mol.